The molecule has 0 saturated carbocycles. The van der Waals surface area contributed by atoms with Gasteiger partial charge in [0, 0.05) is 6.08 Å². The summed E-state index contributed by atoms with van der Waals surface area (Å²) >= 11 is 0. The van der Waals surface area contributed by atoms with Gasteiger partial charge < -0.3 is 5.73 Å². The van der Waals surface area contributed by atoms with Crippen molar-refractivity contribution in [3.8, 4) is 0 Å². The molecular weight excluding hydrogens is 216 g/mol. The van der Waals surface area contributed by atoms with Gasteiger partial charge in [-0.2, -0.15) is 0 Å². The van der Waals surface area contributed by atoms with Gasteiger partial charge in [0.05, 0.1) is 12.1 Å². The molecule has 4 nitrogen and oxygen atoms in total. The van der Waals surface area contributed by atoms with E-state index >= 15 is 0 Å². The van der Waals surface area contributed by atoms with Crippen LogP contribution in [0, 0.1) is 0 Å². The van der Waals surface area contributed by atoms with E-state index in [4.69, 9.17) is 5.73 Å². The number of carbonyl (C=O) groups excluding carboxylic acids is 2. The Labute approximate surface area is 103 Å². The molecule has 0 spiro atoms. The first kappa shape index (κ1) is 13.9. The molecule has 2 N–H and O–H groups in total. The highest BCUT2D eigenvalue weighted by Crippen LogP contribution is 2.24. The fourth-order valence-electron chi connectivity index (χ4n) is 2.22. The molecule has 1 heterocycles. The second-order valence-electron chi connectivity index (χ2n) is 4.63. The molecule has 1 aliphatic heterocycles. The van der Waals surface area contributed by atoms with E-state index in [2.05, 4.69) is 0 Å². The van der Waals surface area contributed by atoms with Crippen LogP contribution in [0.5, 0.6) is 0 Å². The minimum Gasteiger partial charge on any atom is -0.320 e. The van der Waals surface area contributed by atoms with Gasteiger partial charge in [0.1, 0.15) is 0 Å². The van der Waals surface area contributed by atoms with E-state index in [1.54, 1.807) is 6.08 Å². The molecule has 2 atom stereocenters. The van der Waals surface area contributed by atoms with Gasteiger partial charge in [-0.05, 0) is 25.3 Å². The third-order valence-electron chi connectivity index (χ3n) is 3.14. The Bertz CT molecular complexity index is 336. The summed E-state index contributed by atoms with van der Waals surface area (Å²) in [6.07, 6.45) is 4.78. The highest BCUT2D eigenvalue weighted by atomic mass is 16.2. The van der Waals surface area contributed by atoms with E-state index in [-0.39, 0.29) is 17.9 Å². The number of imide groups is 1. The van der Waals surface area contributed by atoms with Gasteiger partial charge in [0.2, 0.25) is 5.91 Å². The maximum Gasteiger partial charge on any atom is 0.253 e. The molecule has 96 valence electrons. The third-order valence-corrected chi connectivity index (χ3v) is 3.14. The summed E-state index contributed by atoms with van der Waals surface area (Å²) < 4.78 is 0. The van der Waals surface area contributed by atoms with Crippen LogP contribution < -0.4 is 5.73 Å². The third kappa shape index (κ3) is 2.94. The van der Waals surface area contributed by atoms with Crippen LogP contribution in [0.15, 0.2) is 11.6 Å². The lowest BCUT2D eigenvalue weighted by atomic mass is 10.0. The quantitative estimate of drug-likeness (QED) is 0.791. The van der Waals surface area contributed by atoms with Gasteiger partial charge >= 0.3 is 0 Å². The largest absolute Gasteiger partial charge is 0.320 e. The van der Waals surface area contributed by atoms with Crippen LogP contribution in [0.3, 0.4) is 0 Å². The van der Waals surface area contributed by atoms with Gasteiger partial charge in [-0.1, -0.05) is 26.7 Å². The lowest BCUT2D eigenvalue weighted by Gasteiger charge is -2.26. The molecule has 17 heavy (non-hydrogen) atoms. The van der Waals surface area contributed by atoms with Crippen molar-refractivity contribution in [2.24, 2.45) is 5.73 Å². The van der Waals surface area contributed by atoms with E-state index in [1.165, 1.54) is 4.90 Å². The molecule has 1 rings (SSSR count). The molecule has 0 bridgehead atoms. The number of carbonyl (C=O) groups is 2. The summed E-state index contributed by atoms with van der Waals surface area (Å²) in [5, 5.41) is 0. The maximum atomic E-state index is 12.1. The molecule has 0 aromatic carbocycles. The average Bonchev–Trinajstić information content (AvgIpc) is 2.54. The number of hydrogen-bond acceptors (Lipinski definition) is 3. The molecule has 0 aliphatic carbocycles. The zero-order chi connectivity index (χ0) is 13.0. The van der Waals surface area contributed by atoms with Crippen molar-refractivity contribution in [1.82, 2.24) is 4.90 Å². The van der Waals surface area contributed by atoms with E-state index in [0.717, 1.165) is 24.8 Å². The Morgan fingerprint density at radius 3 is 2.65 bits per heavy atom. The second-order valence-corrected chi connectivity index (χ2v) is 4.63. The van der Waals surface area contributed by atoms with E-state index in [9.17, 15) is 9.59 Å². The SMILES string of the molecule is CCC[C@@H](N)C(=O)N1C(=O)C=C(C)[C@@H]1CCC. The summed E-state index contributed by atoms with van der Waals surface area (Å²) in [7, 11) is 0. The topological polar surface area (TPSA) is 63.4 Å². The van der Waals surface area contributed by atoms with Crippen LogP contribution in [-0.4, -0.2) is 28.8 Å². The van der Waals surface area contributed by atoms with Crippen LogP contribution in [0.2, 0.25) is 0 Å². The number of rotatable bonds is 5. The lowest BCUT2D eigenvalue weighted by molar-refractivity contribution is -0.143. The lowest BCUT2D eigenvalue weighted by Crippen LogP contribution is -2.48. The Balaban J connectivity index is 2.81. The normalized spacial score (nSPS) is 21.6. The van der Waals surface area contributed by atoms with Crippen LogP contribution in [-0.2, 0) is 9.59 Å². The highest BCUT2D eigenvalue weighted by molar-refractivity contribution is 6.05. The van der Waals surface area contributed by atoms with Gasteiger partial charge in [0.25, 0.3) is 5.91 Å². The van der Waals surface area contributed by atoms with Crippen LogP contribution in [0.25, 0.3) is 0 Å². The molecule has 0 aromatic heterocycles. The van der Waals surface area contributed by atoms with Gasteiger partial charge in [0.15, 0.2) is 0 Å². The van der Waals surface area contributed by atoms with E-state index in [0.29, 0.717) is 6.42 Å². The smallest absolute Gasteiger partial charge is 0.253 e. The van der Waals surface area contributed by atoms with Crippen molar-refractivity contribution in [2.45, 2.75) is 58.5 Å². The predicted molar refractivity (Wildman–Crippen MR) is 67.2 cm³/mol. The average molecular weight is 238 g/mol. The molecular formula is C13H22N2O2. The minimum atomic E-state index is -0.553. The van der Waals surface area contributed by atoms with Crippen molar-refractivity contribution in [1.29, 1.82) is 0 Å². The number of nitrogens with two attached hydrogens (primary N) is 1. The summed E-state index contributed by atoms with van der Waals surface area (Å²) in [5.74, 6) is -0.444. The summed E-state index contributed by atoms with van der Waals surface area (Å²) in [6, 6.07) is -0.634. The van der Waals surface area contributed by atoms with Gasteiger partial charge in [-0.15, -0.1) is 0 Å². The first-order valence-corrected chi connectivity index (χ1v) is 6.33. The van der Waals surface area contributed by atoms with E-state index in [1.807, 2.05) is 20.8 Å². The van der Waals surface area contributed by atoms with Crippen LogP contribution in [0.1, 0.15) is 46.5 Å². The van der Waals surface area contributed by atoms with Crippen LogP contribution >= 0.6 is 0 Å². The number of amides is 2. The van der Waals surface area contributed by atoms with Crippen molar-refractivity contribution < 1.29 is 9.59 Å². The van der Waals surface area contributed by atoms with Crippen molar-refractivity contribution in [3.05, 3.63) is 11.6 Å². The number of nitrogens with zero attached hydrogens (tertiary/aromatic N) is 1. The highest BCUT2D eigenvalue weighted by Gasteiger charge is 2.36. The van der Waals surface area contributed by atoms with E-state index < -0.39 is 6.04 Å². The molecule has 0 aromatic rings. The molecule has 0 unspecified atom stereocenters. The van der Waals surface area contributed by atoms with Gasteiger partial charge in [-0.3, -0.25) is 14.5 Å². The summed E-state index contributed by atoms with van der Waals surface area (Å²) in [6.45, 7) is 5.92. The predicted octanol–water partition coefficient (Wildman–Crippen LogP) is 1.60. The molecule has 2 amide bonds. The van der Waals surface area contributed by atoms with Crippen molar-refractivity contribution in [2.75, 3.05) is 0 Å². The minimum absolute atomic E-state index is 0.0806. The number of hydrogen-bond donors (Lipinski definition) is 1. The standard InChI is InChI=1S/C13H22N2O2/c1-4-6-10(14)13(17)15-11(7-5-2)9(3)8-12(15)16/h8,10-11H,4-7,14H2,1-3H3/t10-,11+/m1/s1. The van der Waals surface area contributed by atoms with Gasteiger partial charge in [-0.25, -0.2) is 0 Å². The summed E-state index contributed by atoms with van der Waals surface area (Å²) in [5.41, 5.74) is 6.77. The van der Waals surface area contributed by atoms with Crippen LogP contribution in [0.4, 0.5) is 0 Å². The zero-order valence-corrected chi connectivity index (χ0v) is 10.9. The molecule has 0 radical (unpaired) electrons. The Morgan fingerprint density at radius 2 is 2.12 bits per heavy atom. The molecule has 0 saturated heterocycles. The van der Waals surface area contributed by atoms with Crippen molar-refractivity contribution >= 4 is 11.8 Å². The molecule has 1 aliphatic rings. The Hall–Kier alpha value is -1.16. The molecule has 0 fully saturated rings. The first-order chi connectivity index (χ1) is 8.02. The zero-order valence-electron chi connectivity index (χ0n) is 10.9. The monoisotopic (exact) mass is 238 g/mol. The first-order valence-electron chi connectivity index (χ1n) is 6.33. The fourth-order valence-corrected chi connectivity index (χ4v) is 2.22. The molecule has 4 heteroatoms. The second kappa shape index (κ2) is 5.96. The Morgan fingerprint density at radius 1 is 1.47 bits per heavy atom. The fraction of sp³-hybridized carbons (Fsp3) is 0.692. The Kier molecular flexibility index (Phi) is 4.87. The van der Waals surface area contributed by atoms with Crippen molar-refractivity contribution in [3.63, 3.8) is 0 Å². The summed E-state index contributed by atoms with van der Waals surface area (Å²) in [4.78, 5) is 25.3. The maximum absolute atomic E-state index is 12.1.